The summed E-state index contributed by atoms with van der Waals surface area (Å²) in [7, 11) is -3.48. The number of sulfonamides is 1. The lowest BCUT2D eigenvalue weighted by molar-refractivity contribution is 0.151. The van der Waals surface area contributed by atoms with Crippen LogP contribution in [0.1, 0.15) is 5.56 Å². The van der Waals surface area contributed by atoms with Crippen molar-refractivity contribution in [3.8, 4) is 0 Å². The molecule has 1 heterocycles. The summed E-state index contributed by atoms with van der Waals surface area (Å²) in [5.74, 6) is 0. The summed E-state index contributed by atoms with van der Waals surface area (Å²) < 4.78 is 26.6. The highest BCUT2D eigenvalue weighted by Gasteiger charge is 2.28. The first-order valence-electron chi connectivity index (χ1n) is 6.64. The van der Waals surface area contributed by atoms with E-state index in [-0.39, 0.29) is 11.5 Å². The molecule has 0 spiro atoms. The fraction of sp³-hybridized carbons (Fsp3) is 0.538. The minimum absolute atomic E-state index is 0.0984. The molecule has 7 heteroatoms. The number of aryl methyl sites for hydroxylation is 1. The molecular formula is C13H21N3O3S. The molecular weight excluding hydrogens is 278 g/mol. The van der Waals surface area contributed by atoms with Gasteiger partial charge >= 0.3 is 0 Å². The van der Waals surface area contributed by atoms with Crippen LogP contribution in [-0.2, 0) is 10.0 Å². The Morgan fingerprint density at radius 3 is 2.40 bits per heavy atom. The molecule has 0 aromatic heterocycles. The third-order valence-corrected chi connectivity index (χ3v) is 5.33. The number of nitrogens with two attached hydrogens (primary N) is 1. The lowest BCUT2D eigenvalue weighted by Crippen LogP contribution is -2.49. The molecule has 0 radical (unpaired) electrons. The molecule has 1 saturated heterocycles. The number of hydrogen-bond donors (Lipinski definition) is 2. The van der Waals surface area contributed by atoms with Gasteiger partial charge in [-0.05, 0) is 30.7 Å². The number of hydrogen-bond acceptors (Lipinski definition) is 5. The molecule has 1 aromatic carbocycles. The van der Waals surface area contributed by atoms with Gasteiger partial charge in [-0.1, -0.05) is 0 Å². The van der Waals surface area contributed by atoms with Crippen molar-refractivity contribution in [3.63, 3.8) is 0 Å². The Morgan fingerprint density at radius 1 is 1.20 bits per heavy atom. The van der Waals surface area contributed by atoms with Crippen molar-refractivity contribution in [1.29, 1.82) is 0 Å². The van der Waals surface area contributed by atoms with E-state index in [4.69, 9.17) is 10.8 Å². The van der Waals surface area contributed by atoms with E-state index >= 15 is 0 Å². The summed E-state index contributed by atoms with van der Waals surface area (Å²) in [5, 5.41) is 8.90. The third kappa shape index (κ3) is 3.29. The van der Waals surface area contributed by atoms with Crippen LogP contribution >= 0.6 is 0 Å². The van der Waals surface area contributed by atoms with Gasteiger partial charge in [-0.3, -0.25) is 4.90 Å². The molecule has 112 valence electrons. The molecule has 3 N–H and O–H groups in total. The highest BCUT2D eigenvalue weighted by atomic mass is 32.2. The zero-order valence-electron chi connectivity index (χ0n) is 11.6. The van der Waals surface area contributed by atoms with Crippen LogP contribution in [0.3, 0.4) is 0 Å². The smallest absolute Gasteiger partial charge is 0.243 e. The Labute approximate surface area is 119 Å². The first-order chi connectivity index (χ1) is 9.43. The number of piperazine rings is 1. The van der Waals surface area contributed by atoms with Gasteiger partial charge in [0.15, 0.2) is 0 Å². The third-order valence-electron chi connectivity index (χ3n) is 3.46. The minimum Gasteiger partial charge on any atom is -0.399 e. The average molecular weight is 299 g/mol. The van der Waals surface area contributed by atoms with Gasteiger partial charge in [0.1, 0.15) is 0 Å². The van der Waals surface area contributed by atoms with E-state index in [1.54, 1.807) is 12.1 Å². The molecule has 0 unspecified atom stereocenters. The Bertz CT molecular complexity index is 546. The second kappa shape index (κ2) is 6.09. The Morgan fingerprint density at radius 2 is 1.85 bits per heavy atom. The van der Waals surface area contributed by atoms with Crippen molar-refractivity contribution in [3.05, 3.63) is 23.8 Å². The number of benzene rings is 1. The van der Waals surface area contributed by atoms with Crippen LogP contribution in [-0.4, -0.2) is 62.1 Å². The van der Waals surface area contributed by atoms with Crippen molar-refractivity contribution < 1.29 is 13.5 Å². The monoisotopic (exact) mass is 299 g/mol. The van der Waals surface area contributed by atoms with Crippen molar-refractivity contribution in [2.45, 2.75) is 11.8 Å². The second-order valence-corrected chi connectivity index (χ2v) is 6.99. The molecule has 20 heavy (non-hydrogen) atoms. The highest BCUT2D eigenvalue weighted by Crippen LogP contribution is 2.21. The maximum atomic E-state index is 12.6. The van der Waals surface area contributed by atoms with Crippen LogP contribution in [0.5, 0.6) is 0 Å². The quantitative estimate of drug-likeness (QED) is 0.757. The van der Waals surface area contributed by atoms with Crippen LogP contribution in [0.25, 0.3) is 0 Å². The van der Waals surface area contributed by atoms with Gasteiger partial charge in [-0.15, -0.1) is 0 Å². The molecule has 0 atom stereocenters. The molecule has 0 amide bonds. The number of nitrogen functional groups attached to an aromatic ring is 1. The van der Waals surface area contributed by atoms with Crippen LogP contribution in [0.15, 0.2) is 23.1 Å². The number of anilines is 1. The summed E-state index contributed by atoms with van der Waals surface area (Å²) >= 11 is 0. The SMILES string of the molecule is Cc1cc(N)cc(S(=O)(=O)N2CCN(CCO)CC2)c1. The predicted octanol–water partition coefficient (Wildman–Crippen LogP) is -0.124. The van der Waals surface area contributed by atoms with Gasteiger partial charge in [0.25, 0.3) is 0 Å². The molecule has 1 fully saturated rings. The van der Waals surface area contributed by atoms with Crippen molar-refractivity contribution >= 4 is 15.7 Å². The lowest BCUT2D eigenvalue weighted by Gasteiger charge is -2.33. The number of β-amino-alcohol motifs (C(OH)–C–C–N with tert-alkyl or cyclic N) is 1. The zero-order chi connectivity index (χ0) is 14.8. The van der Waals surface area contributed by atoms with Gasteiger partial charge in [-0.25, -0.2) is 8.42 Å². The topological polar surface area (TPSA) is 86.9 Å². The van der Waals surface area contributed by atoms with Gasteiger partial charge in [-0.2, -0.15) is 4.31 Å². The summed E-state index contributed by atoms with van der Waals surface area (Å²) in [5.41, 5.74) is 7.02. The van der Waals surface area contributed by atoms with Gasteiger partial charge < -0.3 is 10.8 Å². The molecule has 6 nitrogen and oxygen atoms in total. The van der Waals surface area contributed by atoms with Crippen molar-refractivity contribution in [1.82, 2.24) is 9.21 Å². The minimum atomic E-state index is -3.48. The fourth-order valence-corrected chi connectivity index (χ4v) is 3.97. The number of nitrogens with zero attached hydrogens (tertiary/aromatic N) is 2. The predicted molar refractivity (Wildman–Crippen MR) is 77.9 cm³/mol. The van der Waals surface area contributed by atoms with E-state index in [2.05, 4.69) is 4.90 Å². The molecule has 1 aliphatic heterocycles. The van der Waals surface area contributed by atoms with E-state index in [9.17, 15) is 8.42 Å². The maximum Gasteiger partial charge on any atom is 0.243 e. The Kier molecular flexibility index (Phi) is 4.64. The Hall–Kier alpha value is -1.15. The standard InChI is InChI=1S/C13H21N3O3S/c1-11-8-12(14)10-13(9-11)20(18,19)16-4-2-15(3-5-16)6-7-17/h8-10,17H,2-7,14H2,1H3. The van der Waals surface area contributed by atoms with Crippen LogP contribution in [0.2, 0.25) is 0 Å². The van der Waals surface area contributed by atoms with Gasteiger partial charge in [0.05, 0.1) is 11.5 Å². The zero-order valence-corrected chi connectivity index (χ0v) is 12.4. The second-order valence-electron chi connectivity index (χ2n) is 5.05. The molecule has 0 saturated carbocycles. The van der Waals surface area contributed by atoms with Crippen molar-refractivity contribution in [2.24, 2.45) is 0 Å². The molecule has 2 rings (SSSR count). The lowest BCUT2D eigenvalue weighted by atomic mass is 10.2. The average Bonchev–Trinajstić information content (AvgIpc) is 2.38. The summed E-state index contributed by atoms with van der Waals surface area (Å²) in [6, 6.07) is 4.90. The number of aliphatic hydroxyl groups excluding tert-OH is 1. The summed E-state index contributed by atoms with van der Waals surface area (Å²) in [6.45, 7) is 4.68. The highest BCUT2D eigenvalue weighted by molar-refractivity contribution is 7.89. The van der Waals surface area contributed by atoms with E-state index in [0.29, 0.717) is 38.4 Å². The fourth-order valence-electron chi connectivity index (χ4n) is 2.41. The molecule has 0 aliphatic carbocycles. The first kappa shape index (κ1) is 15.2. The number of aliphatic hydroxyl groups is 1. The van der Waals surface area contributed by atoms with Gasteiger partial charge in [0.2, 0.25) is 10.0 Å². The molecule has 0 bridgehead atoms. The van der Waals surface area contributed by atoms with E-state index in [1.165, 1.54) is 10.4 Å². The van der Waals surface area contributed by atoms with E-state index < -0.39 is 10.0 Å². The largest absolute Gasteiger partial charge is 0.399 e. The summed E-state index contributed by atoms with van der Waals surface area (Å²) in [4.78, 5) is 2.31. The van der Waals surface area contributed by atoms with Crippen LogP contribution < -0.4 is 5.73 Å². The maximum absolute atomic E-state index is 12.6. The van der Waals surface area contributed by atoms with E-state index in [1.807, 2.05) is 6.92 Å². The van der Waals surface area contributed by atoms with E-state index in [0.717, 1.165) is 5.56 Å². The first-order valence-corrected chi connectivity index (χ1v) is 8.08. The van der Waals surface area contributed by atoms with Gasteiger partial charge in [0, 0.05) is 38.4 Å². The molecule has 1 aliphatic rings. The number of rotatable bonds is 4. The Balaban J connectivity index is 2.15. The van der Waals surface area contributed by atoms with Crippen LogP contribution in [0.4, 0.5) is 5.69 Å². The summed E-state index contributed by atoms with van der Waals surface area (Å²) in [6.07, 6.45) is 0. The molecule has 1 aromatic rings. The van der Waals surface area contributed by atoms with Crippen molar-refractivity contribution in [2.75, 3.05) is 45.1 Å². The normalized spacial score (nSPS) is 18.3. The van der Waals surface area contributed by atoms with Crippen LogP contribution in [0, 0.1) is 6.92 Å².